The van der Waals surface area contributed by atoms with Crippen molar-refractivity contribution in [1.29, 1.82) is 0 Å². The van der Waals surface area contributed by atoms with E-state index in [0.717, 1.165) is 30.7 Å². The van der Waals surface area contributed by atoms with Gasteiger partial charge in [0.05, 0.1) is 22.5 Å². The van der Waals surface area contributed by atoms with Gasteiger partial charge in [0.1, 0.15) is 24.0 Å². The summed E-state index contributed by atoms with van der Waals surface area (Å²) in [4.78, 5) is 47.3. The van der Waals surface area contributed by atoms with Gasteiger partial charge < -0.3 is 21.7 Å². The molecule has 2 aliphatic rings. The van der Waals surface area contributed by atoms with Crippen LogP contribution in [0.25, 0.3) is 0 Å². The molecule has 0 radical (unpaired) electrons. The van der Waals surface area contributed by atoms with Gasteiger partial charge in [-0.3, -0.25) is 19.6 Å². The van der Waals surface area contributed by atoms with Crippen molar-refractivity contribution in [2.45, 2.75) is 64.5 Å². The molecule has 2 saturated carbocycles. The highest BCUT2D eigenvalue weighted by atomic mass is 35.5. The Morgan fingerprint density at radius 3 is 1.82 bits per heavy atom. The van der Waals surface area contributed by atoms with Crippen LogP contribution >= 0.6 is 34.8 Å². The largest absolute Gasteiger partial charge is 0.393 e. The van der Waals surface area contributed by atoms with Crippen molar-refractivity contribution >= 4 is 69.0 Å². The fraction of sp³-hybridized carbons (Fsp3) is 0.333. The van der Waals surface area contributed by atoms with Crippen LogP contribution in [0.1, 0.15) is 71.6 Å². The number of hydrogen-bond acceptors (Lipinski definition) is 11. The summed E-state index contributed by atoms with van der Waals surface area (Å²) in [5.74, 6) is 0.941. The Hall–Kier alpha value is -4.13. The van der Waals surface area contributed by atoms with Crippen LogP contribution in [0.5, 0.6) is 0 Å². The fourth-order valence-corrected chi connectivity index (χ4v) is 4.41. The van der Waals surface area contributed by atoms with Gasteiger partial charge >= 0.3 is 0 Å². The van der Waals surface area contributed by atoms with E-state index in [1.54, 1.807) is 36.7 Å². The predicted octanol–water partition coefficient (Wildman–Crippen LogP) is 6.22. The van der Waals surface area contributed by atoms with Crippen molar-refractivity contribution in [2.75, 3.05) is 21.7 Å². The van der Waals surface area contributed by atoms with E-state index in [-0.39, 0.29) is 11.1 Å². The number of nitrogens with one attached hydrogen (secondary N) is 3. The molecule has 12 nitrogen and oxygen atoms in total. The summed E-state index contributed by atoms with van der Waals surface area (Å²) < 4.78 is 0. The number of pyridine rings is 2. The van der Waals surface area contributed by atoms with Gasteiger partial charge in [0.25, 0.3) is 11.1 Å². The number of nitrogens with two attached hydrogens (primary N) is 1. The topological polar surface area (TPSA) is 174 Å². The first kappa shape index (κ1) is 33.8. The highest BCUT2D eigenvalue weighted by molar-refractivity contribution is 6.67. The fourth-order valence-electron chi connectivity index (χ4n) is 3.92. The van der Waals surface area contributed by atoms with Crippen molar-refractivity contribution in [2.24, 2.45) is 0 Å². The summed E-state index contributed by atoms with van der Waals surface area (Å²) in [6, 6.07) is 7.79. The van der Waals surface area contributed by atoms with Gasteiger partial charge in [-0.25, -0.2) is 19.9 Å². The average molecular weight is 672 g/mol. The van der Waals surface area contributed by atoms with Gasteiger partial charge in [0.15, 0.2) is 21.9 Å². The Balaban J connectivity index is 0.000000169. The van der Waals surface area contributed by atoms with Gasteiger partial charge in [0, 0.05) is 24.5 Å². The van der Waals surface area contributed by atoms with Crippen LogP contribution in [-0.2, 0) is 12.8 Å². The van der Waals surface area contributed by atoms with Crippen LogP contribution in [-0.4, -0.2) is 53.1 Å². The van der Waals surface area contributed by atoms with Crippen molar-refractivity contribution in [3.8, 4) is 0 Å². The number of nitrogens with zero attached hydrogens (tertiary/aromatic N) is 6. The maximum atomic E-state index is 12.5. The molecular formula is C30H33Cl3N10O2. The lowest BCUT2D eigenvalue weighted by atomic mass is 10.1. The number of halogens is 3. The quantitative estimate of drug-likeness (QED) is 0.117. The van der Waals surface area contributed by atoms with Crippen molar-refractivity contribution in [3.05, 3.63) is 82.1 Å². The number of hydrogen-bond donors (Lipinski definition) is 4. The van der Waals surface area contributed by atoms with Crippen molar-refractivity contribution in [1.82, 2.24) is 29.9 Å². The smallest absolute Gasteiger partial charge is 0.257 e. The Morgan fingerprint density at radius 2 is 1.29 bits per heavy atom. The Kier molecular flexibility index (Phi) is 12.2. The molecule has 1 amide bonds. The van der Waals surface area contributed by atoms with Crippen molar-refractivity contribution < 1.29 is 9.59 Å². The van der Waals surface area contributed by atoms with E-state index < -0.39 is 5.24 Å². The van der Waals surface area contributed by atoms with E-state index in [1.807, 2.05) is 13.8 Å². The number of aryl methyl sites for hydroxylation is 2. The van der Waals surface area contributed by atoms with Crippen molar-refractivity contribution in [3.63, 3.8) is 0 Å². The second-order valence-corrected chi connectivity index (χ2v) is 11.1. The number of rotatable bonds is 9. The minimum Gasteiger partial charge on any atom is -0.393 e. The Labute approximate surface area is 276 Å². The standard InChI is InChI=1S/C15H16ClN5O.C8H8ClNO.C7H9ClN4/c1-2-11-10(4-3-7-17-11)15(22)21-12-13(16)18-8-19-14(12)20-9-5-6-9;1-2-7-6(8(9)11)4-3-5-10-7;8-6-5(9)7(11-3-10-6)12-4-1-2-4/h3-4,7-9H,2,5-6H2,1H3,(H,21,22)(H,18,19,20);3-5H,2H2,1H3;3-4H,1-2,9H2,(H,10,11,12). The minimum absolute atomic E-state index is 0.216. The summed E-state index contributed by atoms with van der Waals surface area (Å²) in [5, 5.41) is 9.31. The van der Waals surface area contributed by atoms with Crippen LogP contribution in [0.15, 0.2) is 49.3 Å². The van der Waals surface area contributed by atoms with E-state index >= 15 is 0 Å². The molecule has 0 aromatic carbocycles. The van der Waals surface area contributed by atoms with Crippen LogP contribution in [0.3, 0.4) is 0 Å². The van der Waals surface area contributed by atoms with E-state index in [0.29, 0.717) is 57.8 Å². The normalized spacial score (nSPS) is 13.4. The molecule has 236 valence electrons. The van der Waals surface area contributed by atoms with Crippen LogP contribution in [0.2, 0.25) is 10.3 Å². The lowest BCUT2D eigenvalue weighted by Crippen LogP contribution is -2.18. The highest BCUT2D eigenvalue weighted by Crippen LogP contribution is 2.32. The van der Waals surface area contributed by atoms with E-state index in [2.05, 4.69) is 45.9 Å². The monoisotopic (exact) mass is 670 g/mol. The van der Waals surface area contributed by atoms with Gasteiger partial charge in [-0.2, -0.15) is 0 Å². The molecule has 5 N–H and O–H groups in total. The molecule has 0 bridgehead atoms. The van der Waals surface area contributed by atoms with Gasteiger partial charge in [0.2, 0.25) is 0 Å². The summed E-state index contributed by atoms with van der Waals surface area (Å²) in [7, 11) is 0. The first-order valence-corrected chi connectivity index (χ1v) is 15.5. The van der Waals surface area contributed by atoms with E-state index in [4.69, 9.17) is 40.5 Å². The van der Waals surface area contributed by atoms with Crippen LogP contribution in [0, 0.1) is 0 Å². The second-order valence-electron chi connectivity index (χ2n) is 10.1. The molecule has 6 rings (SSSR count). The van der Waals surface area contributed by atoms with Gasteiger partial charge in [-0.1, -0.05) is 37.0 Å². The third kappa shape index (κ3) is 9.93. The van der Waals surface area contributed by atoms with Crippen LogP contribution < -0.4 is 21.7 Å². The molecule has 0 spiro atoms. The molecule has 0 aliphatic heterocycles. The average Bonchev–Trinajstić information content (AvgIpc) is 3.99. The zero-order valence-corrected chi connectivity index (χ0v) is 27.0. The SMILES string of the molecule is CCc1ncccc1C(=O)Cl.CCc1ncccc1C(=O)Nc1c(Cl)ncnc1NC1CC1.Nc1c(Cl)ncnc1NC1CC1. The molecule has 4 heterocycles. The number of anilines is 4. The van der Waals surface area contributed by atoms with E-state index in [1.165, 1.54) is 25.5 Å². The second kappa shape index (κ2) is 16.3. The number of aromatic nitrogens is 6. The zero-order valence-electron chi connectivity index (χ0n) is 24.7. The molecule has 45 heavy (non-hydrogen) atoms. The number of nitrogen functional groups attached to an aromatic ring is 1. The highest BCUT2D eigenvalue weighted by Gasteiger charge is 2.25. The molecule has 2 aliphatic carbocycles. The predicted molar refractivity (Wildman–Crippen MR) is 177 cm³/mol. The molecule has 15 heteroatoms. The van der Waals surface area contributed by atoms with Gasteiger partial charge in [-0.05, 0) is 74.4 Å². The first-order chi connectivity index (χ1) is 21.7. The maximum Gasteiger partial charge on any atom is 0.257 e. The first-order valence-electron chi connectivity index (χ1n) is 14.4. The molecule has 4 aromatic rings. The number of carbonyl (C=O) groups is 2. The van der Waals surface area contributed by atoms with Crippen LogP contribution in [0.4, 0.5) is 23.0 Å². The Bertz CT molecular complexity index is 1630. The van der Waals surface area contributed by atoms with Gasteiger partial charge in [-0.15, -0.1) is 0 Å². The summed E-state index contributed by atoms with van der Waals surface area (Å²) in [6.07, 6.45) is 12.1. The maximum absolute atomic E-state index is 12.5. The third-order valence-electron chi connectivity index (χ3n) is 6.62. The summed E-state index contributed by atoms with van der Waals surface area (Å²) in [6.45, 7) is 3.89. The Morgan fingerprint density at radius 1 is 0.778 bits per heavy atom. The molecule has 2 fully saturated rings. The lowest BCUT2D eigenvalue weighted by molar-refractivity contribution is 0.102. The lowest BCUT2D eigenvalue weighted by Gasteiger charge is -2.13. The summed E-state index contributed by atoms with van der Waals surface area (Å²) >= 11 is 17.1. The summed E-state index contributed by atoms with van der Waals surface area (Å²) in [5.41, 5.74) is 9.02. The number of carbonyl (C=O) groups excluding carboxylic acids is 2. The third-order valence-corrected chi connectivity index (χ3v) is 7.41. The molecular weight excluding hydrogens is 639 g/mol. The van der Waals surface area contributed by atoms with E-state index in [9.17, 15) is 9.59 Å². The number of amides is 1. The molecule has 0 unspecified atom stereocenters. The zero-order chi connectivity index (χ0) is 32.3. The molecule has 0 atom stereocenters. The molecule has 0 saturated heterocycles. The minimum atomic E-state index is -0.435. The molecule has 4 aromatic heterocycles.